The average Bonchev–Trinajstić information content (AvgIpc) is 2.42. The smallest absolute Gasteiger partial charge is 0.389 e. The van der Waals surface area contributed by atoms with Gasteiger partial charge in [-0.15, -0.1) is 0 Å². The first-order valence-electron chi connectivity index (χ1n) is 7.61. The van der Waals surface area contributed by atoms with Crippen molar-refractivity contribution >= 4 is 5.91 Å². The molecular weight excluding hydrogens is 307 g/mol. The number of alkyl halides is 3. The summed E-state index contributed by atoms with van der Waals surface area (Å²) in [6.45, 7) is 3.84. The Kier molecular flexibility index (Phi) is 4.92. The molecule has 3 nitrogen and oxygen atoms in total. The minimum Gasteiger partial charge on any atom is -0.496 e. The lowest BCUT2D eigenvalue weighted by Crippen LogP contribution is -2.58. The molecule has 0 N–H and O–H groups in total. The third kappa shape index (κ3) is 4.39. The maximum absolute atomic E-state index is 12.5. The number of para-hydroxylation sites is 1. The Morgan fingerprint density at radius 2 is 1.96 bits per heavy atom. The van der Waals surface area contributed by atoms with E-state index in [4.69, 9.17) is 4.74 Å². The molecule has 0 bridgehead atoms. The second-order valence-corrected chi connectivity index (χ2v) is 6.70. The zero-order chi connectivity index (χ0) is 17.3. The summed E-state index contributed by atoms with van der Waals surface area (Å²) < 4.78 is 42.8. The van der Waals surface area contributed by atoms with Crippen LogP contribution in [0.2, 0.25) is 0 Å². The SMILES string of the molecule is COc1ccccc1[C@@H](C)CC(=O)N1CC(C)(CC(F)(F)F)C1. The summed E-state index contributed by atoms with van der Waals surface area (Å²) in [6.07, 6.45) is -4.76. The largest absolute Gasteiger partial charge is 0.496 e. The fourth-order valence-electron chi connectivity index (χ4n) is 3.22. The highest BCUT2D eigenvalue weighted by Crippen LogP contribution is 2.41. The van der Waals surface area contributed by atoms with Crippen LogP contribution in [0, 0.1) is 5.41 Å². The summed E-state index contributed by atoms with van der Waals surface area (Å²) in [6, 6.07) is 7.47. The number of halogens is 3. The predicted octanol–water partition coefficient (Wildman–Crippen LogP) is 3.99. The number of hydrogen-bond donors (Lipinski definition) is 0. The maximum atomic E-state index is 12.5. The van der Waals surface area contributed by atoms with Gasteiger partial charge in [-0.2, -0.15) is 13.2 Å². The van der Waals surface area contributed by atoms with Crippen molar-refractivity contribution in [3.63, 3.8) is 0 Å². The highest BCUT2D eigenvalue weighted by molar-refractivity contribution is 5.78. The summed E-state index contributed by atoms with van der Waals surface area (Å²) >= 11 is 0. The molecule has 0 spiro atoms. The Bertz CT molecular complexity index is 565. The highest BCUT2D eigenvalue weighted by Gasteiger charge is 2.48. The van der Waals surface area contributed by atoms with Crippen LogP contribution < -0.4 is 4.74 Å². The maximum Gasteiger partial charge on any atom is 0.389 e. The number of benzene rings is 1. The summed E-state index contributed by atoms with van der Waals surface area (Å²) in [7, 11) is 1.57. The first-order chi connectivity index (χ1) is 10.6. The molecule has 0 aliphatic carbocycles. The van der Waals surface area contributed by atoms with Gasteiger partial charge in [-0.25, -0.2) is 0 Å². The molecule has 0 saturated carbocycles. The van der Waals surface area contributed by atoms with Crippen LogP contribution in [-0.2, 0) is 4.79 Å². The number of ether oxygens (including phenoxy) is 1. The number of carbonyl (C=O) groups excluding carboxylic acids is 1. The van der Waals surface area contributed by atoms with Crippen molar-refractivity contribution in [2.45, 2.75) is 38.8 Å². The minimum absolute atomic E-state index is 0.0480. The topological polar surface area (TPSA) is 29.5 Å². The zero-order valence-corrected chi connectivity index (χ0v) is 13.6. The summed E-state index contributed by atoms with van der Waals surface area (Å²) in [5, 5.41) is 0. The van der Waals surface area contributed by atoms with E-state index in [-0.39, 0.29) is 31.3 Å². The Morgan fingerprint density at radius 3 is 2.52 bits per heavy atom. The number of rotatable bonds is 5. The molecule has 1 aliphatic heterocycles. The van der Waals surface area contributed by atoms with Crippen LogP contribution in [0.5, 0.6) is 5.75 Å². The summed E-state index contributed by atoms with van der Waals surface area (Å²) in [4.78, 5) is 13.8. The van der Waals surface area contributed by atoms with Crippen molar-refractivity contribution in [2.24, 2.45) is 5.41 Å². The first-order valence-corrected chi connectivity index (χ1v) is 7.61. The van der Waals surface area contributed by atoms with Crippen molar-refractivity contribution in [1.82, 2.24) is 4.90 Å². The van der Waals surface area contributed by atoms with E-state index in [1.54, 1.807) is 14.0 Å². The van der Waals surface area contributed by atoms with Gasteiger partial charge in [-0.05, 0) is 17.5 Å². The van der Waals surface area contributed by atoms with Gasteiger partial charge < -0.3 is 9.64 Å². The molecule has 1 amide bonds. The van der Waals surface area contributed by atoms with Gasteiger partial charge in [0.25, 0.3) is 0 Å². The third-order valence-corrected chi connectivity index (χ3v) is 4.28. The molecule has 0 radical (unpaired) electrons. The normalized spacial score (nSPS) is 18.3. The van der Waals surface area contributed by atoms with Gasteiger partial charge >= 0.3 is 6.18 Å². The van der Waals surface area contributed by atoms with Gasteiger partial charge in [0.1, 0.15) is 5.75 Å². The van der Waals surface area contributed by atoms with E-state index in [2.05, 4.69) is 0 Å². The molecule has 1 aliphatic rings. The van der Waals surface area contributed by atoms with Crippen molar-refractivity contribution in [1.29, 1.82) is 0 Å². The minimum atomic E-state index is -4.19. The molecule has 1 aromatic carbocycles. The van der Waals surface area contributed by atoms with Crippen LogP contribution in [0.15, 0.2) is 24.3 Å². The van der Waals surface area contributed by atoms with Gasteiger partial charge in [0, 0.05) is 24.9 Å². The summed E-state index contributed by atoms with van der Waals surface area (Å²) in [5.41, 5.74) is 0.0867. The van der Waals surface area contributed by atoms with E-state index in [0.717, 1.165) is 11.3 Å². The molecular formula is C17H22F3NO2. The van der Waals surface area contributed by atoms with Crippen LogP contribution in [0.1, 0.15) is 38.2 Å². The van der Waals surface area contributed by atoms with Crippen LogP contribution in [0.4, 0.5) is 13.2 Å². The number of amides is 1. The Balaban J connectivity index is 1.91. The number of likely N-dealkylation sites (tertiary alicyclic amines) is 1. The lowest BCUT2D eigenvalue weighted by Gasteiger charge is -2.48. The molecule has 6 heteroatoms. The molecule has 23 heavy (non-hydrogen) atoms. The molecule has 128 valence electrons. The van der Waals surface area contributed by atoms with E-state index in [0.29, 0.717) is 0 Å². The second-order valence-electron chi connectivity index (χ2n) is 6.70. The van der Waals surface area contributed by atoms with Crippen molar-refractivity contribution in [2.75, 3.05) is 20.2 Å². The highest BCUT2D eigenvalue weighted by atomic mass is 19.4. The second kappa shape index (κ2) is 6.42. The molecule has 2 rings (SSSR count). The molecule has 1 aromatic rings. The van der Waals surface area contributed by atoms with Gasteiger partial charge in [-0.1, -0.05) is 32.0 Å². The van der Waals surface area contributed by atoms with Gasteiger partial charge in [-0.3, -0.25) is 4.79 Å². The van der Waals surface area contributed by atoms with Crippen molar-refractivity contribution < 1.29 is 22.7 Å². The van der Waals surface area contributed by atoms with Gasteiger partial charge in [0.05, 0.1) is 13.5 Å². The van der Waals surface area contributed by atoms with E-state index in [1.807, 2.05) is 31.2 Å². The van der Waals surface area contributed by atoms with Crippen LogP contribution in [0.25, 0.3) is 0 Å². The standard InChI is InChI=1S/C17H22F3NO2/c1-12(13-6-4-5-7-14(13)23-3)8-15(22)21-10-16(2,11-21)9-17(18,19)20/h4-7,12H,8-11H2,1-3H3/t12-/m0/s1. The predicted molar refractivity (Wildman–Crippen MR) is 81.4 cm³/mol. The lowest BCUT2D eigenvalue weighted by atomic mass is 9.78. The average molecular weight is 329 g/mol. The van der Waals surface area contributed by atoms with Crippen molar-refractivity contribution in [3.8, 4) is 5.75 Å². The molecule has 1 saturated heterocycles. The Labute approximate surface area is 134 Å². The van der Waals surface area contributed by atoms with E-state index >= 15 is 0 Å². The quantitative estimate of drug-likeness (QED) is 0.817. The summed E-state index contributed by atoms with van der Waals surface area (Å²) in [5.74, 6) is 0.564. The van der Waals surface area contributed by atoms with Crippen LogP contribution in [-0.4, -0.2) is 37.2 Å². The third-order valence-electron chi connectivity index (χ3n) is 4.28. The van der Waals surface area contributed by atoms with E-state index < -0.39 is 18.0 Å². The zero-order valence-electron chi connectivity index (χ0n) is 13.6. The fourth-order valence-corrected chi connectivity index (χ4v) is 3.22. The Morgan fingerprint density at radius 1 is 1.35 bits per heavy atom. The Hall–Kier alpha value is -1.72. The van der Waals surface area contributed by atoms with Crippen LogP contribution in [0.3, 0.4) is 0 Å². The fraction of sp³-hybridized carbons (Fsp3) is 0.588. The molecule has 1 atom stereocenters. The van der Waals surface area contributed by atoms with Gasteiger partial charge in [0.15, 0.2) is 0 Å². The number of nitrogens with zero attached hydrogens (tertiary/aromatic N) is 1. The molecule has 1 fully saturated rings. The first kappa shape index (κ1) is 17.6. The molecule has 0 aromatic heterocycles. The molecule has 0 unspecified atom stereocenters. The monoisotopic (exact) mass is 329 g/mol. The van der Waals surface area contributed by atoms with E-state index in [1.165, 1.54) is 4.90 Å². The van der Waals surface area contributed by atoms with Crippen molar-refractivity contribution in [3.05, 3.63) is 29.8 Å². The number of carbonyl (C=O) groups is 1. The van der Waals surface area contributed by atoms with E-state index in [9.17, 15) is 18.0 Å². The lowest BCUT2D eigenvalue weighted by molar-refractivity contribution is -0.182. The number of hydrogen-bond acceptors (Lipinski definition) is 2. The number of methoxy groups -OCH3 is 1. The van der Waals surface area contributed by atoms with Crippen LogP contribution >= 0.6 is 0 Å². The molecule has 1 heterocycles. The van der Waals surface area contributed by atoms with Gasteiger partial charge in [0.2, 0.25) is 5.91 Å².